The first-order valence-corrected chi connectivity index (χ1v) is 4.99. The van der Waals surface area contributed by atoms with Crippen molar-refractivity contribution in [2.45, 2.75) is 13.0 Å². The molecule has 0 spiro atoms. The minimum atomic E-state index is 0.479. The summed E-state index contributed by atoms with van der Waals surface area (Å²) in [5, 5.41) is 3.90. The van der Waals surface area contributed by atoms with Crippen molar-refractivity contribution in [3.63, 3.8) is 0 Å². The summed E-state index contributed by atoms with van der Waals surface area (Å²) >= 11 is 5.73. The monoisotopic (exact) mass is 213 g/mol. The Kier molecular flexibility index (Phi) is 4.17. The number of nitrogens with zero attached hydrogens (tertiary/aromatic N) is 2. The van der Waals surface area contributed by atoms with Gasteiger partial charge in [-0.2, -0.15) is 0 Å². The molecular weight excluding hydrogens is 198 g/mol. The summed E-state index contributed by atoms with van der Waals surface area (Å²) in [6.45, 7) is 3.03. The van der Waals surface area contributed by atoms with Gasteiger partial charge in [0.1, 0.15) is 5.82 Å². The van der Waals surface area contributed by atoms with Crippen LogP contribution < -0.4 is 5.32 Å². The van der Waals surface area contributed by atoms with Gasteiger partial charge in [0.15, 0.2) is 0 Å². The largest absolute Gasteiger partial charge is 0.369 e. The van der Waals surface area contributed by atoms with Crippen molar-refractivity contribution in [3.05, 3.63) is 23.4 Å². The molecule has 1 atom stereocenters. The molecule has 78 valence electrons. The molecule has 1 N–H and O–H groups in total. The fraction of sp³-hybridized carbons (Fsp3) is 0.500. The number of likely N-dealkylation sites (N-methyl/N-ethyl adjacent to an activating group) is 1. The highest BCUT2D eigenvalue weighted by Crippen LogP contribution is 2.09. The molecule has 0 bridgehead atoms. The number of pyridine rings is 1. The highest BCUT2D eigenvalue weighted by Gasteiger charge is 2.03. The van der Waals surface area contributed by atoms with Gasteiger partial charge in [0.05, 0.1) is 5.02 Å². The predicted octanol–water partition coefficient (Wildman–Crippen LogP) is 2.10. The van der Waals surface area contributed by atoms with E-state index in [4.69, 9.17) is 11.6 Å². The zero-order chi connectivity index (χ0) is 10.6. The highest BCUT2D eigenvalue weighted by molar-refractivity contribution is 6.30. The van der Waals surface area contributed by atoms with E-state index in [1.165, 1.54) is 0 Å². The van der Waals surface area contributed by atoms with Crippen LogP contribution in [0.4, 0.5) is 5.82 Å². The third-order valence-electron chi connectivity index (χ3n) is 2.19. The van der Waals surface area contributed by atoms with Crippen LogP contribution in [0.25, 0.3) is 0 Å². The van der Waals surface area contributed by atoms with Crippen LogP contribution >= 0.6 is 11.6 Å². The molecule has 4 heteroatoms. The van der Waals surface area contributed by atoms with Crippen molar-refractivity contribution in [3.8, 4) is 0 Å². The van der Waals surface area contributed by atoms with Gasteiger partial charge in [-0.1, -0.05) is 11.6 Å². The number of nitrogens with one attached hydrogen (secondary N) is 1. The SMILES string of the molecule is CC(CNc1ccc(Cl)cn1)N(C)C. The minimum Gasteiger partial charge on any atom is -0.369 e. The molecule has 1 aromatic rings. The van der Waals surface area contributed by atoms with Gasteiger partial charge in [0, 0.05) is 18.8 Å². The van der Waals surface area contributed by atoms with Crippen LogP contribution in [0.1, 0.15) is 6.92 Å². The van der Waals surface area contributed by atoms with Crippen LogP contribution in [0.3, 0.4) is 0 Å². The van der Waals surface area contributed by atoms with E-state index in [1.807, 2.05) is 12.1 Å². The lowest BCUT2D eigenvalue weighted by atomic mass is 10.3. The first-order valence-electron chi connectivity index (χ1n) is 4.61. The Hall–Kier alpha value is -0.800. The Bertz CT molecular complexity index is 271. The maximum atomic E-state index is 5.73. The molecule has 1 unspecified atom stereocenters. The van der Waals surface area contributed by atoms with E-state index in [2.05, 4.69) is 36.2 Å². The Morgan fingerprint density at radius 3 is 2.71 bits per heavy atom. The van der Waals surface area contributed by atoms with E-state index >= 15 is 0 Å². The topological polar surface area (TPSA) is 28.2 Å². The van der Waals surface area contributed by atoms with Crippen molar-refractivity contribution >= 4 is 17.4 Å². The second kappa shape index (κ2) is 5.17. The van der Waals surface area contributed by atoms with Gasteiger partial charge >= 0.3 is 0 Å². The van der Waals surface area contributed by atoms with Crippen molar-refractivity contribution < 1.29 is 0 Å². The molecule has 14 heavy (non-hydrogen) atoms. The summed E-state index contributed by atoms with van der Waals surface area (Å²) in [5.41, 5.74) is 0. The number of hydrogen-bond acceptors (Lipinski definition) is 3. The standard InChI is InChI=1S/C10H16ClN3/c1-8(14(2)3)6-12-10-5-4-9(11)7-13-10/h4-5,7-8H,6H2,1-3H3,(H,12,13). The van der Waals surface area contributed by atoms with Gasteiger partial charge in [-0.15, -0.1) is 0 Å². The van der Waals surface area contributed by atoms with Crippen LogP contribution in [-0.2, 0) is 0 Å². The molecular formula is C10H16ClN3. The number of anilines is 1. The van der Waals surface area contributed by atoms with Gasteiger partial charge in [0.25, 0.3) is 0 Å². The molecule has 1 aromatic heterocycles. The van der Waals surface area contributed by atoms with E-state index in [0.29, 0.717) is 11.1 Å². The summed E-state index contributed by atoms with van der Waals surface area (Å²) < 4.78 is 0. The average molecular weight is 214 g/mol. The Balaban J connectivity index is 2.42. The summed E-state index contributed by atoms with van der Waals surface area (Å²) in [7, 11) is 4.11. The zero-order valence-electron chi connectivity index (χ0n) is 8.79. The predicted molar refractivity (Wildman–Crippen MR) is 60.9 cm³/mol. The Morgan fingerprint density at radius 1 is 1.50 bits per heavy atom. The second-order valence-electron chi connectivity index (χ2n) is 3.56. The van der Waals surface area contributed by atoms with Gasteiger partial charge in [0.2, 0.25) is 0 Å². The molecule has 0 radical (unpaired) electrons. The number of halogens is 1. The normalized spacial score (nSPS) is 12.9. The first-order chi connectivity index (χ1) is 6.59. The third-order valence-corrected chi connectivity index (χ3v) is 2.41. The second-order valence-corrected chi connectivity index (χ2v) is 3.99. The molecule has 0 amide bonds. The van der Waals surface area contributed by atoms with Crippen LogP contribution in [0.15, 0.2) is 18.3 Å². The maximum Gasteiger partial charge on any atom is 0.126 e. The highest BCUT2D eigenvalue weighted by atomic mass is 35.5. The lowest BCUT2D eigenvalue weighted by Crippen LogP contribution is -2.31. The quantitative estimate of drug-likeness (QED) is 0.831. The first kappa shape index (κ1) is 11.3. The Labute approximate surface area is 90.1 Å². The molecule has 0 saturated heterocycles. The summed E-state index contributed by atoms with van der Waals surface area (Å²) in [4.78, 5) is 6.30. The molecule has 0 aromatic carbocycles. The van der Waals surface area contributed by atoms with Crippen LogP contribution in [0.5, 0.6) is 0 Å². The molecule has 0 aliphatic heterocycles. The van der Waals surface area contributed by atoms with Crippen molar-refractivity contribution in [1.82, 2.24) is 9.88 Å². The van der Waals surface area contributed by atoms with Gasteiger partial charge in [-0.05, 0) is 33.2 Å². The molecule has 1 rings (SSSR count). The molecule has 0 fully saturated rings. The minimum absolute atomic E-state index is 0.479. The summed E-state index contributed by atoms with van der Waals surface area (Å²) in [6, 6.07) is 4.19. The molecule has 1 heterocycles. The fourth-order valence-electron chi connectivity index (χ4n) is 0.915. The van der Waals surface area contributed by atoms with E-state index in [9.17, 15) is 0 Å². The van der Waals surface area contributed by atoms with Gasteiger partial charge in [-0.25, -0.2) is 4.98 Å². The lowest BCUT2D eigenvalue weighted by Gasteiger charge is -2.20. The maximum absolute atomic E-state index is 5.73. The van der Waals surface area contributed by atoms with Gasteiger partial charge < -0.3 is 10.2 Å². The molecule has 0 aliphatic carbocycles. The van der Waals surface area contributed by atoms with Crippen molar-refractivity contribution in [2.24, 2.45) is 0 Å². The number of rotatable bonds is 4. The summed E-state index contributed by atoms with van der Waals surface area (Å²) in [5.74, 6) is 0.864. The van der Waals surface area contributed by atoms with E-state index in [-0.39, 0.29) is 0 Å². The lowest BCUT2D eigenvalue weighted by molar-refractivity contribution is 0.326. The number of aromatic nitrogens is 1. The third kappa shape index (κ3) is 3.52. The van der Waals surface area contributed by atoms with Crippen LogP contribution in [-0.4, -0.2) is 36.6 Å². The smallest absolute Gasteiger partial charge is 0.126 e. The van der Waals surface area contributed by atoms with Crippen LogP contribution in [0.2, 0.25) is 5.02 Å². The molecule has 0 saturated carbocycles. The Morgan fingerprint density at radius 2 is 2.21 bits per heavy atom. The zero-order valence-corrected chi connectivity index (χ0v) is 9.54. The molecule has 3 nitrogen and oxygen atoms in total. The van der Waals surface area contributed by atoms with Crippen LogP contribution in [0, 0.1) is 0 Å². The number of hydrogen-bond donors (Lipinski definition) is 1. The fourth-order valence-corrected chi connectivity index (χ4v) is 1.03. The summed E-state index contributed by atoms with van der Waals surface area (Å²) in [6.07, 6.45) is 1.64. The van der Waals surface area contributed by atoms with E-state index in [0.717, 1.165) is 12.4 Å². The van der Waals surface area contributed by atoms with Crippen molar-refractivity contribution in [1.29, 1.82) is 0 Å². The van der Waals surface area contributed by atoms with E-state index in [1.54, 1.807) is 6.20 Å². The molecule has 0 aliphatic rings. The average Bonchev–Trinajstić information content (AvgIpc) is 2.16. The van der Waals surface area contributed by atoms with E-state index < -0.39 is 0 Å². The van der Waals surface area contributed by atoms with Crippen molar-refractivity contribution in [2.75, 3.05) is 26.0 Å². The van der Waals surface area contributed by atoms with Gasteiger partial charge in [-0.3, -0.25) is 0 Å².